The van der Waals surface area contributed by atoms with Crippen LogP contribution >= 0.6 is 0 Å². The molecule has 0 bridgehead atoms. The highest BCUT2D eigenvalue weighted by Gasteiger charge is 2.62. The Bertz CT molecular complexity index is 310. The van der Waals surface area contributed by atoms with Crippen LogP contribution in [0.1, 0.15) is 39.0 Å². The molecule has 2 heterocycles. The average molecular weight is 224 g/mol. The molecule has 4 rings (SSSR count). The molecule has 0 aromatic rings. The second kappa shape index (κ2) is 3.01. The van der Waals surface area contributed by atoms with Crippen molar-refractivity contribution in [2.45, 2.75) is 57.0 Å². The standard InChI is InChI=1S/C13H20O3/c1-12-4-5-13(14-6-7-15-13)8-9(12)2-3-10-11(12)16-10/h9-11H,2-8H2,1H3. The molecule has 2 aliphatic carbocycles. The monoisotopic (exact) mass is 224 g/mol. The van der Waals surface area contributed by atoms with E-state index in [9.17, 15) is 0 Å². The van der Waals surface area contributed by atoms with Gasteiger partial charge in [0.1, 0.15) is 0 Å². The van der Waals surface area contributed by atoms with E-state index in [0.29, 0.717) is 17.6 Å². The fraction of sp³-hybridized carbons (Fsp3) is 1.00. The predicted octanol–water partition coefficient (Wildman–Crippen LogP) is 2.10. The van der Waals surface area contributed by atoms with Crippen LogP contribution in [0.2, 0.25) is 0 Å². The van der Waals surface area contributed by atoms with Gasteiger partial charge in [-0.15, -0.1) is 0 Å². The van der Waals surface area contributed by atoms with Gasteiger partial charge in [-0.1, -0.05) is 6.92 Å². The molecule has 0 N–H and O–H groups in total. The molecule has 4 atom stereocenters. The summed E-state index contributed by atoms with van der Waals surface area (Å²) < 4.78 is 17.5. The molecule has 16 heavy (non-hydrogen) atoms. The van der Waals surface area contributed by atoms with Crippen molar-refractivity contribution in [2.24, 2.45) is 11.3 Å². The van der Waals surface area contributed by atoms with E-state index < -0.39 is 0 Å². The minimum atomic E-state index is -0.216. The maximum Gasteiger partial charge on any atom is 0.168 e. The number of hydrogen-bond donors (Lipinski definition) is 0. The van der Waals surface area contributed by atoms with Crippen LogP contribution in [0.15, 0.2) is 0 Å². The Morgan fingerprint density at radius 3 is 2.69 bits per heavy atom. The van der Waals surface area contributed by atoms with Crippen LogP contribution in [0.3, 0.4) is 0 Å². The van der Waals surface area contributed by atoms with Gasteiger partial charge in [0.2, 0.25) is 0 Å². The van der Waals surface area contributed by atoms with Crippen molar-refractivity contribution in [2.75, 3.05) is 13.2 Å². The molecule has 0 radical (unpaired) electrons. The van der Waals surface area contributed by atoms with Crippen LogP contribution in [0.25, 0.3) is 0 Å². The fourth-order valence-corrected chi connectivity index (χ4v) is 4.25. The van der Waals surface area contributed by atoms with Gasteiger partial charge < -0.3 is 14.2 Å². The van der Waals surface area contributed by atoms with Gasteiger partial charge in [0.15, 0.2) is 5.79 Å². The summed E-state index contributed by atoms with van der Waals surface area (Å²) in [7, 11) is 0. The summed E-state index contributed by atoms with van der Waals surface area (Å²) in [6.07, 6.45) is 7.04. The molecule has 0 amide bonds. The van der Waals surface area contributed by atoms with Crippen molar-refractivity contribution in [3.63, 3.8) is 0 Å². The van der Waals surface area contributed by atoms with E-state index in [1.54, 1.807) is 0 Å². The van der Waals surface area contributed by atoms with Gasteiger partial charge in [0.25, 0.3) is 0 Å². The van der Waals surface area contributed by atoms with E-state index in [1.165, 1.54) is 19.3 Å². The van der Waals surface area contributed by atoms with Gasteiger partial charge in [-0.25, -0.2) is 0 Å². The second-order valence-corrected chi connectivity index (χ2v) is 6.19. The maximum atomic E-state index is 5.86. The number of fused-ring (bicyclic) bond motifs is 3. The molecule has 2 saturated heterocycles. The Morgan fingerprint density at radius 1 is 1.06 bits per heavy atom. The minimum Gasteiger partial charge on any atom is -0.369 e. The third kappa shape index (κ3) is 1.20. The van der Waals surface area contributed by atoms with Gasteiger partial charge in [0, 0.05) is 12.8 Å². The highest BCUT2D eigenvalue weighted by Crippen LogP contribution is 2.60. The van der Waals surface area contributed by atoms with Crippen molar-refractivity contribution >= 4 is 0 Å². The summed E-state index contributed by atoms with van der Waals surface area (Å²) in [5, 5.41) is 0. The van der Waals surface area contributed by atoms with Crippen molar-refractivity contribution in [3.05, 3.63) is 0 Å². The highest BCUT2D eigenvalue weighted by molar-refractivity contribution is 5.09. The number of ether oxygens (including phenoxy) is 3. The van der Waals surface area contributed by atoms with Gasteiger partial charge in [-0.2, -0.15) is 0 Å². The maximum absolute atomic E-state index is 5.86. The first-order valence-electron chi connectivity index (χ1n) is 6.65. The zero-order chi connectivity index (χ0) is 10.8. The molecular weight excluding hydrogens is 204 g/mol. The van der Waals surface area contributed by atoms with Crippen molar-refractivity contribution in [1.82, 2.24) is 0 Å². The van der Waals surface area contributed by atoms with Crippen LogP contribution < -0.4 is 0 Å². The van der Waals surface area contributed by atoms with E-state index in [-0.39, 0.29) is 5.79 Å². The van der Waals surface area contributed by atoms with Crippen LogP contribution in [0, 0.1) is 11.3 Å². The van der Waals surface area contributed by atoms with Crippen molar-refractivity contribution < 1.29 is 14.2 Å². The largest absolute Gasteiger partial charge is 0.369 e. The van der Waals surface area contributed by atoms with E-state index >= 15 is 0 Å². The number of hydrogen-bond acceptors (Lipinski definition) is 3. The second-order valence-electron chi connectivity index (χ2n) is 6.19. The fourth-order valence-electron chi connectivity index (χ4n) is 4.25. The van der Waals surface area contributed by atoms with Gasteiger partial charge in [-0.05, 0) is 30.6 Å². The molecule has 3 nitrogen and oxygen atoms in total. The Hall–Kier alpha value is -0.120. The van der Waals surface area contributed by atoms with E-state index in [1.807, 2.05) is 0 Å². The molecule has 3 heteroatoms. The molecule has 4 aliphatic rings. The molecule has 0 aromatic heterocycles. The molecule has 4 unspecified atom stereocenters. The Kier molecular flexibility index (Phi) is 1.85. The smallest absolute Gasteiger partial charge is 0.168 e. The zero-order valence-corrected chi connectivity index (χ0v) is 9.91. The Labute approximate surface area is 96.4 Å². The van der Waals surface area contributed by atoms with Crippen LogP contribution in [0.4, 0.5) is 0 Å². The quantitative estimate of drug-likeness (QED) is 0.590. The molecule has 4 fully saturated rings. The molecule has 0 aromatic carbocycles. The highest BCUT2D eigenvalue weighted by atomic mass is 16.7. The summed E-state index contributed by atoms with van der Waals surface area (Å²) in [6.45, 7) is 3.99. The molecular formula is C13H20O3. The van der Waals surface area contributed by atoms with Gasteiger partial charge in [-0.3, -0.25) is 0 Å². The topological polar surface area (TPSA) is 31.0 Å². The van der Waals surface area contributed by atoms with Gasteiger partial charge in [0.05, 0.1) is 25.4 Å². The van der Waals surface area contributed by atoms with E-state index in [4.69, 9.17) is 14.2 Å². The Balaban J connectivity index is 1.59. The van der Waals surface area contributed by atoms with E-state index in [2.05, 4.69) is 6.92 Å². The summed E-state index contributed by atoms with van der Waals surface area (Å²) >= 11 is 0. The lowest BCUT2D eigenvalue weighted by atomic mass is 9.59. The van der Waals surface area contributed by atoms with Gasteiger partial charge >= 0.3 is 0 Å². The zero-order valence-electron chi connectivity index (χ0n) is 9.91. The van der Waals surface area contributed by atoms with Crippen LogP contribution in [0.5, 0.6) is 0 Å². The Morgan fingerprint density at radius 2 is 1.88 bits per heavy atom. The van der Waals surface area contributed by atoms with E-state index in [0.717, 1.165) is 32.0 Å². The average Bonchev–Trinajstić information content (AvgIpc) is 2.96. The number of epoxide rings is 1. The molecule has 1 spiro atoms. The summed E-state index contributed by atoms with van der Waals surface area (Å²) in [5.74, 6) is 0.523. The molecule has 90 valence electrons. The molecule has 2 saturated carbocycles. The lowest BCUT2D eigenvalue weighted by molar-refractivity contribution is -0.210. The normalized spacial score (nSPS) is 53.4. The van der Waals surface area contributed by atoms with Crippen molar-refractivity contribution in [3.8, 4) is 0 Å². The summed E-state index contributed by atoms with van der Waals surface area (Å²) in [5.41, 5.74) is 0.406. The lowest BCUT2D eigenvalue weighted by Crippen LogP contribution is -2.49. The third-order valence-corrected chi connectivity index (χ3v) is 5.38. The summed E-state index contributed by atoms with van der Waals surface area (Å²) in [4.78, 5) is 0. The molecule has 2 aliphatic heterocycles. The third-order valence-electron chi connectivity index (χ3n) is 5.38. The summed E-state index contributed by atoms with van der Waals surface area (Å²) in [6, 6.07) is 0. The predicted molar refractivity (Wildman–Crippen MR) is 58.0 cm³/mol. The lowest BCUT2D eigenvalue weighted by Gasteiger charge is -2.48. The first-order valence-corrected chi connectivity index (χ1v) is 6.65. The SMILES string of the molecule is CC12CCC3(CC1CCC1OC12)OCCO3. The van der Waals surface area contributed by atoms with Crippen LogP contribution in [-0.4, -0.2) is 31.2 Å². The first-order chi connectivity index (χ1) is 7.72. The number of rotatable bonds is 0. The minimum absolute atomic E-state index is 0.216. The van der Waals surface area contributed by atoms with Crippen molar-refractivity contribution in [1.29, 1.82) is 0 Å². The van der Waals surface area contributed by atoms with Crippen LogP contribution in [-0.2, 0) is 14.2 Å². The first kappa shape index (κ1) is 9.86.